The number of hydrogen-bond donors (Lipinski definition) is 0. The van der Waals surface area contributed by atoms with Crippen molar-refractivity contribution in [3.63, 3.8) is 0 Å². The summed E-state index contributed by atoms with van der Waals surface area (Å²) in [7, 11) is 0. The molecule has 1 aliphatic heterocycles. The molecule has 1 aliphatic rings. The third-order valence-corrected chi connectivity index (χ3v) is 3.97. The van der Waals surface area contributed by atoms with Gasteiger partial charge in [0.2, 0.25) is 25.3 Å². The van der Waals surface area contributed by atoms with Crippen molar-refractivity contribution in [2.24, 2.45) is 0 Å². The fraction of sp³-hybridized carbons (Fsp3) is 0.158. The van der Waals surface area contributed by atoms with E-state index < -0.39 is 24.4 Å². The van der Waals surface area contributed by atoms with Crippen LogP contribution in [0.4, 0.5) is 0 Å². The molecule has 8 nitrogen and oxygen atoms in total. The molecule has 8 heteroatoms. The van der Waals surface area contributed by atoms with Gasteiger partial charge in [-0.25, -0.2) is 9.59 Å². The maximum atomic E-state index is 12.3. The van der Waals surface area contributed by atoms with Gasteiger partial charge in [-0.05, 0) is 24.3 Å². The van der Waals surface area contributed by atoms with Gasteiger partial charge in [-0.3, -0.25) is 19.4 Å². The normalized spacial score (nSPS) is 18.7. The maximum Gasteiger partial charge on any atom is 0.340 e. The van der Waals surface area contributed by atoms with Crippen LogP contribution >= 0.6 is 0 Å². The number of ether oxygens (including phenoxy) is 2. The predicted octanol–water partition coefficient (Wildman–Crippen LogP) is 1.24. The van der Waals surface area contributed by atoms with Crippen molar-refractivity contribution in [2.45, 2.75) is 12.5 Å². The zero-order valence-corrected chi connectivity index (χ0v) is 14.1. The van der Waals surface area contributed by atoms with Gasteiger partial charge >= 0.3 is 11.9 Å². The molecular formula is C19H16N2O6. The summed E-state index contributed by atoms with van der Waals surface area (Å²) in [5.41, 5.74) is 0.530. The van der Waals surface area contributed by atoms with E-state index in [0.29, 0.717) is 12.8 Å². The van der Waals surface area contributed by atoms with Gasteiger partial charge in [0, 0.05) is 0 Å². The van der Waals surface area contributed by atoms with E-state index in [-0.39, 0.29) is 17.8 Å². The molecule has 138 valence electrons. The lowest BCUT2D eigenvalue weighted by Gasteiger charge is -2.24. The summed E-state index contributed by atoms with van der Waals surface area (Å²) in [6.07, 6.45) is -1.66. The van der Waals surface area contributed by atoms with Gasteiger partial charge in [0.25, 0.3) is 0 Å². The molecule has 1 fully saturated rings. The summed E-state index contributed by atoms with van der Waals surface area (Å²) in [5.74, 6) is -1.41. The molecule has 2 unspecified atom stereocenters. The first-order valence-corrected chi connectivity index (χ1v) is 8.08. The topological polar surface area (TPSA) is 93.2 Å². The summed E-state index contributed by atoms with van der Waals surface area (Å²) < 4.78 is 10.7. The van der Waals surface area contributed by atoms with Gasteiger partial charge in [-0.15, -0.1) is 0 Å². The lowest BCUT2D eigenvalue weighted by Crippen LogP contribution is -2.43. The standard InChI is InChI=1S/C19H16N2O6/c22-12-20-11-21(13-23)17(27-19(25)15-9-5-2-6-10-15)16(20)26-18(24)14-7-3-1-4-8-14/h1-10,12-13,16-17H,11H2. The highest BCUT2D eigenvalue weighted by atomic mass is 16.6. The SMILES string of the molecule is O=CN1CN(C=O)C(OC(=O)c2ccccc2)C1OC(=O)c1ccccc1. The second-order valence-corrected chi connectivity index (χ2v) is 5.70. The fourth-order valence-corrected chi connectivity index (χ4v) is 2.62. The van der Waals surface area contributed by atoms with E-state index in [2.05, 4.69) is 0 Å². The van der Waals surface area contributed by atoms with E-state index in [1.807, 2.05) is 0 Å². The van der Waals surface area contributed by atoms with E-state index in [0.717, 1.165) is 9.80 Å². The Hall–Kier alpha value is -3.68. The number of esters is 2. The highest BCUT2D eigenvalue weighted by Gasteiger charge is 2.45. The van der Waals surface area contributed by atoms with Crippen molar-refractivity contribution in [2.75, 3.05) is 6.67 Å². The van der Waals surface area contributed by atoms with Crippen LogP contribution in [0.5, 0.6) is 0 Å². The molecule has 0 radical (unpaired) electrons. The van der Waals surface area contributed by atoms with Crippen molar-refractivity contribution in [3.05, 3.63) is 71.8 Å². The first kappa shape index (κ1) is 18.1. The van der Waals surface area contributed by atoms with Gasteiger partial charge in [0.1, 0.15) is 6.67 Å². The van der Waals surface area contributed by atoms with Crippen LogP contribution in [0, 0.1) is 0 Å². The first-order valence-electron chi connectivity index (χ1n) is 8.08. The third-order valence-electron chi connectivity index (χ3n) is 3.97. The minimum atomic E-state index is -1.26. The molecule has 0 aromatic heterocycles. The largest absolute Gasteiger partial charge is 0.432 e. The maximum absolute atomic E-state index is 12.3. The lowest BCUT2D eigenvalue weighted by molar-refractivity contribution is -0.135. The Morgan fingerprint density at radius 1 is 0.741 bits per heavy atom. The van der Waals surface area contributed by atoms with E-state index in [9.17, 15) is 19.2 Å². The average molecular weight is 368 g/mol. The van der Waals surface area contributed by atoms with Crippen molar-refractivity contribution in [1.29, 1.82) is 0 Å². The van der Waals surface area contributed by atoms with Crippen molar-refractivity contribution >= 4 is 24.8 Å². The summed E-state index contributed by atoms with van der Waals surface area (Å²) in [6.45, 7) is -0.174. The average Bonchev–Trinajstić information content (AvgIpc) is 3.05. The number of carbonyl (C=O) groups is 4. The molecule has 0 aliphatic carbocycles. The predicted molar refractivity (Wildman–Crippen MR) is 92.0 cm³/mol. The molecule has 1 heterocycles. The summed E-state index contributed by atoms with van der Waals surface area (Å²) in [5, 5.41) is 0. The Bertz CT molecular complexity index is 757. The molecule has 0 spiro atoms. The number of nitrogens with zero attached hydrogens (tertiary/aromatic N) is 2. The highest BCUT2D eigenvalue weighted by Crippen LogP contribution is 2.23. The molecule has 2 aromatic rings. The molecule has 3 rings (SSSR count). The highest BCUT2D eigenvalue weighted by molar-refractivity contribution is 5.90. The van der Waals surface area contributed by atoms with Gasteiger partial charge in [0.15, 0.2) is 0 Å². The molecule has 27 heavy (non-hydrogen) atoms. The summed E-state index contributed by atoms with van der Waals surface area (Å²) in [4.78, 5) is 49.5. The number of hydrogen-bond acceptors (Lipinski definition) is 6. The van der Waals surface area contributed by atoms with Crippen LogP contribution in [-0.2, 0) is 19.1 Å². The molecule has 2 aromatic carbocycles. The summed E-state index contributed by atoms with van der Waals surface area (Å²) >= 11 is 0. The van der Waals surface area contributed by atoms with Crippen LogP contribution in [0.2, 0.25) is 0 Å². The van der Waals surface area contributed by atoms with E-state index in [4.69, 9.17) is 9.47 Å². The van der Waals surface area contributed by atoms with Crippen molar-refractivity contribution < 1.29 is 28.7 Å². The van der Waals surface area contributed by atoms with E-state index in [1.165, 1.54) is 0 Å². The van der Waals surface area contributed by atoms with Crippen LogP contribution < -0.4 is 0 Å². The van der Waals surface area contributed by atoms with Crippen LogP contribution in [0.25, 0.3) is 0 Å². The molecule has 1 saturated heterocycles. The van der Waals surface area contributed by atoms with Gasteiger partial charge in [0.05, 0.1) is 11.1 Å². The zero-order chi connectivity index (χ0) is 19.2. The number of carbonyl (C=O) groups excluding carboxylic acids is 4. The molecule has 0 bridgehead atoms. The Morgan fingerprint density at radius 2 is 1.11 bits per heavy atom. The van der Waals surface area contributed by atoms with Crippen molar-refractivity contribution in [1.82, 2.24) is 9.80 Å². The van der Waals surface area contributed by atoms with Crippen LogP contribution in [0.15, 0.2) is 60.7 Å². The van der Waals surface area contributed by atoms with Gasteiger partial charge < -0.3 is 9.47 Å². The number of rotatable bonds is 6. The second-order valence-electron chi connectivity index (χ2n) is 5.70. The molecular weight excluding hydrogens is 352 g/mol. The lowest BCUT2D eigenvalue weighted by atomic mass is 10.2. The molecule has 0 saturated carbocycles. The van der Waals surface area contributed by atoms with E-state index >= 15 is 0 Å². The van der Waals surface area contributed by atoms with Crippen LogP contribution in [0.3, 0.4) is 0 Å². The minimum absolute atomic E-state index is 0.174. The Labute approximate surface area is 154 Å². The van der Waals surface area contributed by atoms with Crippen LogP contribution in [0.1, 0.15) is 20.7 Å². The third kappa shape index (κ3) is 3.95. The molecule has 2 amide bonds. The Kier molecular flexibility index (Phi) is 5.46. The van der Waals surface area contributed by atoms with Crippen LogP contribution in [-0.4, -0.2) is 53.7 Å². The Balaban J connectivity index is 1.81. The second kappa shape index (κ2) is 8.13. The quantitative estimate of drug-likeness (QED) is 0.563. The summed E-state index contributed by atoms with van der Waals surface area (Å²) in [6, 6.07) is 16.3. The van der Waals surface area contributed by atoms with Gasteiger partial charge in [-0.2, -0.15) is 0 Å². The minimum Gasteiger partial charge on any atom is -0.432 e. The monoisotopic (exact) mass is 368 g/mol. The first-order chi connectivity index (χ1) is 13.1. The van der Waals surface area contributed by atoms with E-state index in [1.54, 1.807) is 60.7 Å². The smallest absolute Gasteiger partial charge is 0.340 e. The number of amides is 2. The molecule has 0 N–H and O–H groups in total. The Morgan fingerprint density at radius 3 is 1.44 bits per heavy atom. The number of benzene rings is 2. The van der Waals surface area contributed by atoms with Crippen molar-refractivity contribution in [3.8, 4) is 0 Å². The van der Waals surface area contributed by atoms with Gasteiger partial charge in [-0.1, -0.05) is 36.4 Å². The zero-order valence-electron chi connectivity index (χ0n) is 14.1. The molecule has 2 atom stereocenters. The fourth-order valence-electron chi connectivity index (χ4n) is 2.62.